The fraction of sp³-hybridized carbons (Fsp3) is 0.417. The average molecular weight is 299 g/mol. The number of hydrogen-bond acceptors (Lipinski definition) is 3. The van der Waals surface area contributed by atoms with E-state index in [-0.39, 0.29) is 12.1 Å². The van der Waals surface area contributed by atoms with Crippen LogP contribution in [0.15, 0.2) is 22.7 Å². The van der Waals surface area contributed by atoms with Gasteiger partial charge in [0.15, 0.2) is 0 Å². The standard InChI is InChI=1S/C12H15BrN2O2/c13-8-6-7(12(15)16)4-5-10(8)17-11-3-1-2-9(11)14/h4-6,9,11H,1-3,14H2,(H2,15,16). The van der Waals surface area contributed by atoms with Crippen LogP contribution >= 0.6 is 15.9 Å². The summed E-state index contributed by atoms with van der Waals surface area (Å²) in [4.78, 5) is 11.0. The van der Waals surface area contributed by atoms with Gasteiger partial charge in [-0.15, -0.1) is 0 Å². The highest BCUT2D eigenvalue weighted by Gasteiger charge is 2.26. The highest BCUT2D eigenvalue weighted by molar-refractivity contribution is 9.10. The van der Waals surface area contributed by atoms with Gasteiger partial charge < -0.3 is 16.2 Å². The maximum atomic E-state index is 11.0. The molecule has 1 aliphatic carbocycles. The SMILES string of the molecule is NC(=O)c1ccc(OC2CCCC2N)c(Br)c1. The smallest absolute Gasteiger partial charge is 0.248 e. The largest absolute Gasteiger partial charge is 0.488 e. The Morgan fingerprint density at radius 1 is 1.41 bits per heavy atom. The maximum Gasteiger partial charge on any atom is 0.248 e. The van der Waals surface area contributed by atoms with Crippen molar-refractivity contribution in [1.29, 1.82) is 0 Å². The van der Waals surface area contributed by atoms with Crippen molar-refractivity contribution in [3.05, 3.63) is 28.2 Å². The number of carbonyl (C=O) groups is 1. The van der Waals surface area contributed by atoms with Crippen LogP contribution in [0.25, 0.3) is 0 Å². The molecule has 4 nitrogen and oxygen atoms in total. The first-order valence-electron chi connectivity index (χ1n) is 5.59. The molecule has 0 heterocycles. The van der Waals surface area contributed by atoms with E-state index < -0.39 is 5.91 Å². The third kappa shape index (κ3) is 2.79. The van der Waals surface area contributed by atoms with Crippen LogP contribution in [0.2, 0.25) is 0 Å². The van der Waals surface area contributed by atoms with Gasteiger partial charge in [-0.2, -0.15) is 0 Å². The summed E-state index contributed by atoms with van der Waals surface area (Å²) in [7, 11) is 0. The molecule has 2 atom stereocenters. The Morgan fingerprint density at radius 3 is 2.71 bits per heavy atom. The molecule has 0 aromatic heterocycles. The fourth-order valence-electron chi connectivity index (χ4n) is 2.01. The summed E-state index contributed by atoms with van der Waals surface area (Å²) in [6, 6.07) is 5.16. The van der Waals surface area contributed by atoms with E-state index in [1.165, 1.54) is 0 Å². The van der Waals surface area contributed by atoms with Crippen molar-refractivity contribution in [2.75, 3.05) is 0 Å². The summed E-state index contributed by atoms with van der Waals surface area (Å²) >= 11 is 3.37. The third-order valence-electron chi connectivity index (χ3n) is 3.00. The predicted molar refractivity (Wildman–Crippen MR) is 68.9 cm³/mol. The van der Waals surface area contributed by atoms with Crippen molar-refractivity contribution >= 4 is 21.8 Å². The van der Waals surface area contributed by atoms with Crippen molar-refractivity contribution in [1.82, 2.24) is 0 Å². The van der Waals surface area contributed by atoms with Crippen LogP contribution in [-0.4, -0.2) is 18.1 Å². The van der Waals surface area contributed by atoms with Crippen molar-refractivity contribution < 1.29 is 9.53 Å². The maximum absolute atomic E-state index is 11.0. The number of amides is 1. The number of carbonyl (C=O) groups excluding carboxylic acids is 1. The first-order chi connectivity index (χ1) is 8.08. The van der Waals surface area contributed by atoms with Gasteiger partial charge in [0.2, 0.25) is 5.91 Å². The number of benzene rings is 1. The van der Waals surface area contributed by atoms with Crippen molar-refractivity contribution in [2.45, 2.75) is 31.4 Å². The molecule has 0 aliphatic heterocycles. The Balaban J connectivity index is 2.14. The van der Waals surface area contributed by atoms with Crippen LogP contribution in [0, 0.1) is 0 Å². The lowest BCUT2D eigenvalue weighted by Gasteiger charge is -2.18. The second kappa shape index (κ2) is 5.06. The molecule has 0 radical (unpaired) electrons. The number of ether oxygens (including phenoxy) is 1. The first kappa shape index (κ1) is 12.4. The molecule has 0 saturated heterocycles. The number of nitrogens with two attached hydrogens (primary N) is 2. The van der Waals surface area contributed by atoms with E-state index in [4.69, 9.17) is 16.2 Å². The zero-order chi connectivity index (χ0) is 12.4. The van der Waals surface area contributed by atoms with Gasteiger partial charge in [0, 0.05) is 11.6 Å². The molecular formula is C12H15BrN2O2. The van der Waals surface area contributed by atoms with Crippen LogP contribution in [-0.2, 0) is 0 Å². The summed E-state index contributed by atoms with van der Waals surface area (Å²) in [6.07, 6.45) is 3.14. The molecule has 92 valence electrons. The lowest BCUT2D eigenvalue weighted by atomic mass is 10.2. The van der Waals surface area contributed by atoms with Gasteiger partial charge in [-0.3, -0.25) is 4.79 Å². The monoisotopic (exact) mass is 298 g/mol. The summed E-state index contributed by atoms with van der Waals surface area (Å²) < 4.78 is 6.56. The molecule has 1 aromatic carbocycles. The van der Waals surface area contributed by atoms with Gasteiger partial charge in [-0.25, -0.2) is 0 Å². The summed E-state index contributed by atoms with van der Waals surface area (Å²) in [6.45, 7) is 0. The van der Waals surface area contributed by atoms with E-state index in [1.807, 2.05) is 0 Å². The minimum Gasteiger partial charge on any atom is -0.488 e. The molecule has 5 heteroatoms. The van der Waals surface area contributed by atoms with Crippen LogP contribution < -0.4 is 16.2 Å². The predicted octanol–water partition coefficient (Wildman–Crippen LogP) is 1.81. The molecule has 1 aromatic rings. The number of primary amides is 1. The number of hydrogen-bond donors (Lipinski definition) is 2. The minimum absolute atomic E-state index is 0.0609. The molecule has 1 fully saturated rings. The van der Waals surface area contributed by atoms with E-state index in [0.29, 0.717) is 11.3 Å². The molecule has 0 bridgehead atoms. The zero-order valence-electron chi connectivity index (χ0n) is 9.36. The molecule has 1 aliphatic rings. The number of halogens is 1. The van der Waals surface area contributed by atoms with Crippen LogP contribution in [0.5, 0.6) is 5.75 Å². The van der Waals surface area contributed by atoms with Crippen molar-refractivity contribution in [3.8, 4) is 5.75 Å². The average Bonchev–Trinajstić information content (AvgIpc) is 2.67. The second-order valence-corrected chi connectivity index (χ2v) is 5.11. The summed E-state index contributed by atoms with van der Waals surface area (Å²) in [5, 5.41) is 0. The van der Waals surface area contributed by atoms with Crippen LogP contribution in [0.1, 0.15) is 29.6 Å². The van der Waals surface area contributed by atoms with Crippen LogP contribution in [0.4, 0.5) is 0 Å². The summed E-state index contributed by atoms with van der Waals surface area (Å²) in [5.41, 5.74) is 11.6. The molecule has 1 saturated carbocycles. The van der Waals surface area contributed by atoms with E-state index in [1.54, 1.807) is 18.2 Å². The Morgan fingerprint density at radius 2 is 2.18 bits per heavy atom. The lowest BCUT2D eigenvalue weighted by molar-refractivity contribution is 0.1000. The Kier molecular flexibility index (Phi) is 3.69. The van der Waals surface area contributed by atoms with E-state index in [2.05, 4.69) is 15.9 Å². The van der Waals surface area contributed by atoms with E-state index >= 15 is 0 Å². The molecule has 0 spiro atoms. The normalized spacial score (nSPS) is 23.6. The molecule has 4 N–H and O–H groups in total. The quantitative estimate of drug-likeness (QED) is 0.893. The molecule has 2 unspecified atom stereocenters. The third-order valence-corrected chi connectivity index (χ3v) is 3.62. The van der Waals surface area contributed by atoms with E-state index in [0.717, 1.165) is 23.7 Å². The van der Waals surface area contributed by atoms with Gasteiger partial charge in [0.25, 0.3) is 0 Å². The van der Waals surface area contributed by atoms with Crippen molar-refractivity contribution in [2.24, 2.45) is 11.5 Å². The lowest BCUT2D eigenvalue weighted by Crippen LogP contribution is -2.33. The van der Waals surface area contributed by atoms with Gasteiger partial charge in [-0.05, 0) is 53.4 Å². The van der Waals surface area contributed by atoms with Crippen molar-refractivity contribution in [3.63, 3.8) is 0 Å². The highest BCUT2D eigenvalue weighted by Crippen LogP contribution is 2.30. The molecule has 2 rings (SSSR count). The summed E-state index contributed by atoms with van der Waals surface area (Å²) in [5.74, 6) is 0.257. The van der Waals surface area contributed by atoms with E-state index in [9.17, 15) is 4.79 Å². The van der Waals surface area contributed by atoms with Gasteiger partial charge in [0.05, 0.1) is 4.47 Å². The second-order valence-electron chi connectivity index (χ2n) is 4.26. The first-order valence-corrected chi connectivity index (χ1v) is 6.39. The fourth-order valence-corrected chi connectivity index (χ4v) is 2.49. The highest BCUT2D eigenvalue weighted by atomic mass is 79.9. The molecular weight excluding hydrogens is 284 g/mol. The Bertz CT molecular complexity index is 437. The number of rotatable bonds is 3. The minimum atomic E-state index is -0.449. The molecule has 1 amide bonds. The topological polar surface area (TPSA) is 78.3 Å². The Labute approximate surface area is 108 Å². The van der Waals surface area contributed by atoms with Gasteiger partial charge in [-0.1, -0.05) is 0 Å². The Hall–Kier alpha value is -1.07. The van der Waals surface area contributed by atoms with Crippen LogP contribution in [0.3, 0.4) is 0 Å². The zero-order valence-corrected chi connectivity index (χ0v) is 10.9. The van der Waals surface area contributed by atoms with Gasteiger partial charge in [0.1, 0.15) is 11.9 Å². The van der Waals surface area contributed by atoms with Gasteiger partial charge >= 0.3 is 0 Å². The molecule has 17 heavy (non-hydrogen) atoms.